The van der Waals surface area contributed by atoms with Crippen LogP contribution in [0, 0.1) is 16.4 Å². The molecular formula is C22H25ClINO2. The first-order valence-electron chi connectivity index (χ1n) is 9.35. The van der Waals surface area contributed by atoms with Crippen LogP contribution in [0.4, 0.5) is 0 Å². The fraction of sp³-hybridized carbons (Fsp3) is 0.409. The monoisotopic (exact) mass is 497 g/mol. The molecule has 2 aromatic carbocycles. The van der Waals surface area contributed by atoms with E-state index in [9.17, 15) is 9.90 Å². The van der Waals surface area contributed by atoms with E-state index in [0.29, 0.717) is 23.3 Å². The molecule has 3 nitrogen and oxygen atoms in total. The quantitative estimate of drug-likeness (QED) is 0.586. The van der Waals surface area contributed by atoms with Crippen molar-refractivity contribution in [2.45, 2.75) is 32.1 Å². The Morgan fingerprint density at radius 3 is 2.56 bits per heavy atom. The van der Waals surface area contributed by atoms with Gasteiger partial charge < -0.3 is 10.0 Å². The van der Waals surface area contributed by atoms with E-state index in [1.165, 1.54) is 32.2 Å². The number of halogens is 2. The molecular weight excluding hydrogens is 473 g/mol. The lowest BCUT2D eigenvalue weighted by atomic mass is 9.78. The third-order valence-corrected chi connectivity index (χ3v) is 7.40. The molecule has 1 aliphatic heterocycles. The Morgan fingerprint density at radius 1 is 1.22 bits per heavy atom. The van der Waals surface area contributed by atoms with E-state index >= 15 is 0 Å². The van der Waals surface area contributed by atoms with Crippen LogP contribution in [0.25, 0.3) is 0 Å². The average Bonchev–Trinajstić information content (AvgIpc) is 2.94. The Bertz CT molecular complexity index is 852. The number of carboxylic acids is 1. The maximum Gasteiger partial charge on any atom is 0.335 e. The predicted octanol–water partition coefficient (Wildman–Crippen LogP) is 5.29. The number of carboxylic acid groups (broad SMARTS) is 1. The maximum atomic E-state index is 11.2. The standard InChI is InChI=1S/C22H24INO2.ClH/c1-3-24-9-8-16-19(12-24)17-11-20(23)13(2)10-18(17)21(16)14-4-6-15(7-5-14)22(25)26;/h4-7,10-11,16,19,21H,3,8-9,12H2,1-2H3,(H,25,26);1H/t16-,19+,21+;/m1./s1. The lowest BCUT2D eigenvalue weighted by Crippen LogP contribution is -2.38. The summed E-state index contributed by atoms with van der Waals surface area (Å²) in [5.41, 5.74) is 5.93. The number of likely N-dealkylation sites (N-methyl/N-ethyl adjacent to an activating group) is 1. The highest BCUT2D eigenvalue weighted by Gasteiger charge is 2.44. The molecule has 2 aliphatic rings. The first-order valence-corrected chi connectivity index (χ1v) is 10.4. The number of piperidine rings is 1. The highest BCUT2D eigenvalue weighted by molar-refractivity contribution is 14.1. The van der Waals surface area contributed by atoms with E-state index in [1.807, 2.05) is 12.1 Å². The summed E-state index contributed by atoms with van der Waals surface area (Å²) in [6.45, 7) is 7.84. The summed E-state index contributed by atoms with van der Waals surface area (Å²) >= 11 is 2.45. The van der Waals surface area contributed by atoms with Gasteiger partial charge in [-0.3, -0.25) is 0 Å². The predicted molar refractivity (Wildman–Crippen MR) is 119 cm³/mol. The van der Waals surface area contributed by atoms with E-state index in [0.717, 1.165) is 19.6 Å². The topological polar surface area (TPSA) is 40.5 Å². The van der Waals surface area contributed by atoms with Gasteiger partial charge in [0.25, 0.3) is 0 Å². The summed E-state index contributed by atoms with van der Waals surface area (Å²) in [5.74, 6) is 0.716. The van der Waals surface area contributed by atoms with Crippen LogP contribution in [0.3, 0.4) is 0 Å². The van der Waals surface area contributed by atoms with Crippen LogP contribution in [0.2, 0.25) is 0 Å². The van der Waals surface area contributed by atoms with Gasteiger partial charge in [0, 0.05) is 22.0 Å². The van der Waals surface area contributed by atoms with Crippen molar-refractivity contribution in [3.05, 3.63) is 67.8 Å². The molecule has 0 saturated carbocycles. The van der Waals surface area contributed by atoms with Gasteiger partial charge in [-0.05, 0) is 95.4 Å². The third kappa shape index (κ3) is 3.64. The van der Waals surface area contributed by atoms with E-state index < -0.39 is 5.97 Å². The lowest BCUT2D eigenvalue weighted by molar-refractivity contribution is 0.0697. The Hall–Kier alpha value is -1.11. The highest BCUT2D eigenvalue weighted by atomic mass is 127. The van der Waals surface area contributed by atoms with E-state index in [1.54, 1.807) is 12.1 Å². The normalized spacial score (nSPS) is 24.0. The average molecular weight is 498 g/mol. The van der Waals surface area contributed by atoms with E-state index in [-0.39, 0.29) is 12.4 Å². The number of benzene rings is 2. The number of hydrogen-bond acceptors (Lipinski definition) is 2. The summed E-state index contributed by atoms with van der Waals surface area (Å²) < 4.78 is 1.34. The van der Waals surface area contributed by atoms with Gasteiger partial charge in [-0.2, -0.15) is 0 Å². The van der Waals surface area contributed by atoms with Crippen molar-refractivity contribution < 1.29 is 9.90 Å². The van der Waals surface area contributed by atoms with Crippen LogP contribution in [0.5, 0.6) is 0 Å². The van der Waals surface area contributed by atoms with Crippen LogP contribution in [0.15, 0.2) is 36.4 Å². The van der Waals surface area contributed by atoms with Crippen molar-refractivity contribution in [3.63, 3.8) is 0 Å². The Labute approximate surface area is 180 Å². The largest absolute Gasteiger partial charge is 0.478 e. The number of likely N-dealkylation sites (tertiary alicyclic amines) is 1. The van der Waals surface area contributed by atoms with Gasteiger partial charge in [0.05, 0.1) is 5.56 Å². The number of aromatic carboxylic acids is 1. The van der Waals surface area contributed by atoms with Gasteiger partial charge >= 0.3 is 5.97 Å². The van der Waals surface area contributed by atoms with Crippen LogP contribution >= 0.6 is 35.0 Å². The number of aryl methyl sites for hydroxylation is 1. The number of nitrogens with zero attached hydrogens (tertiary/aromatic N) is 1. The first-order chi connectivity index (χ1) is 12.5. The summed E-state index contributed by atoms with van der Waals surface area (Å²) in [4.78, 5) is 13.8. The van der Waals surface area contributed by atoms with Crippen molar-refractivity contribution in [2.75, 3.05) is 19.6 Å². The molecule has 2 aromatic rings. The molecule has 4 rings (SSSR count). The van der Waals surface area contributed by atoms with Crippen molar-refractivity contribution in [1.29, 1.82) is 0 Å². The van der Waals surface area contributed by atoms with Crippen molar-refractivity contribution in [1.82, 2.24) is 4.90 Å². The molecule has 27 heavy (non-hydrogen) atoms. The zero-order valence-electron chi connectivity index (χ0n) is 15.6. The Morgan fingerprint density at radius 2 is 1.93 bits per heavy atom. The van der Waals surface area contributed by atoms with Gasteiger partial charge in [0.15, 0.2) is 0 Å². The minimum atomic E-state index is -0.858. The highest BCUT2D eigenvalue weighted by Crippen LogP contribution is 2.53. The first kappa shape index (κ1) is 20.6. The molecule has 1 N–H and O–H groups in total. The second-order valence-corrected chi connectivity index (χ2v) is 8.75. The summed E-state index contributed by atoms with van der Waals surface area (Å²) in [5, 5.41) is 9.20. The second-order valence-electron chi connectivity index (χ2n) is 7.59. The van der Waals surface area contributed by atoms with Gasteiger partial charge in [0.1, 0.15) is 0 Å². The molecule has 3 atom stereocenters. The summed E-state index contributed by atoms with van der Waals surface area (Å²) in [6, 6.07) is 12.3. The minimum absolute atomic E-state index is 0. The van der Waals surface area contributed by atoms with Gasteiger partial charge in [0.2, 0.25) is 0 Å². The SMILES string of the molecule is CCN1CC[C@H]2[C@H](c3ccc(C(=O)O)cc3)c3cc(C)c(I)cc3[C@H]2C1.Cl. The molecule has 5 heteroatoms. The minimum Gasteiger partial charge on any atom is -0.478 e. The molecule has 0 unspecified atom stereocenters. The van der Waals surface area contributed by atoms with E-state index in [2.05, 4.69) is 53.5 Å². The maximum absolute atomic E-state index is 11.2. The number of rotatable bonds is 3. The van der Waals surface area contributed by atoms with Gasteiger partial charge in [-0.1, -0.05) is 25.1 Å². The molecule has 0 aromatic heterocycles. The molecule has 1 aliphatic carbocycles. The number of fused-ring (bicyclic) bond motifs is 3. The fourth-order valence-electron chi connectivity index (χ4n) is 4.85. The van der Waals surface area contributed by atoms with Gasteiger partial charge in [-0.15, -0.1) is 12.4 Å². The molecule has 0 amide bonds. The van der Waals surface area contributed by atoms with Crippen molar-refractivity contribution in [2.24, 2.45) is 5.92 Å². The zero-order valence-corrected chi connectivity index (χ0v) is 18.6. The molecule has 144 valence electrons. The summed E-state index contributed by atoms with van der Waals surface area (Å²) in [6.07, 6.45) is 1.20. The smallest absolute Gasteiger partial charge is 0.335 e. The number of carbonyl (C=O) groups is 1. The van der Waals surface area contributed by atoms with Gasteiger partial charge in [-0.25, -0.2) is 4.79 Å². The Kier molecular flexibility index (Phi) is 6.18. The van der Waals surface area contributed by atoms with Crippen LogP contribution < -0.4 is 0 Å². The Balaban J connectivity index is 0.00000210. The molecule has 0 radical (unpaired) electrons. The molecule has 1 heterocycles. The molecule has 0 spiro atoms. The summed E-state index contributed by atoms with van der Waals surface area (Å²) in [7, 11) is 0. The van der Waals surface area contributed by atoms with Crippen LogP contribution in [-0.2, 0) is 0 Å². The van der Waals surface area contributed by atoms with Crippen molar-refractivity contribution >= 4 is 41.0 Å². The fourth-order valence-corrected chi connectivity index (χ4v) is 5.34. The van der Waals surface area contributed by atoms with Crippen molar-refractivity contribution in [3.8, 4) is 0 Å². The molecule has 0 bridgehead atoms. The van der Waals surface area contributed by atoms with Crippen LogP contribution in [-0.4, -0.2) is 35.6 Å². The molecule has 1 fully saturated rings. The lowest BCUT2D eigenvalue weighted by Gasteiger charge is -2.37. The van der Waals surface area contributed by atoms with Crippen LogP contribution in [0.1, 0.15) is 57.8 Å². The zero-order chi connectivity index (χ0) is 18.4. The molecule has 1 saturated heterocycles. The number of hydrogen-bond donors (Lipinski definition) is 1. The third-order valence-electron chi connectivity index (χ3n) is 6.24. The van der Waals surface area contributed by atoms with E-state index in [4.69, 9.17) is 0 Å². The second kappa shape index (κ2) is 8.10.